The first-order valence-electron chi connectivity index (χ1n) is 8.97. The summed E-state index contributed by atoms with van der Waals surface area (Å²) < 4.78 is 21.3. The topological polar surface area (TPSA) is 60.0 Å². The summed E-state index contributed by atoms with van der Waals surface area (Å²) in [6.45, 7) is 1.56. The van der Waals surface area contributed by atoms with Crippen LogP contribution in [0.15, 0.2) is 41.2 Å². The van der Waals surface area contributed by atoms with Gasteiger partial charge in [-0.25, -0.2) is 9.37 Å². The van der Waals surface area contributed by atoms with E-state index in [1.165, 1.54) is 12.5 Å². The molecule has 26 heavy (non-hydrogen) atoms. The van der Waals surface area contributed by atoms with Crippen molar-refractivity contribution in [3.05, 3.63) is 65.6 Å². The number of aromatic nitrogens is 4. The monoisotopic (exact) mass is 355 g/mol. The highest BCUT2D eigenvalue weighted by Crippen LogP contribution is 2.30. The summed E-state index contributed by atoms with van der Waals surface area (Å²) in [6.07, 6.45) is 7.55. The van der Waals surface area contributed by atoms with Crippen LogP contribution in [-0.2, 0) is 20.0 Å². The van der Waals surface area contributed by atoms with E-state index in [4.69, 9.17) is 4.52 Å². The molecule has 1 aliphatic rings. The molecule has 0 bridgehead atoms. The zero-order chi connectivity index (χ0) is 17.9. The Kier molecular flexibility index (Phi) is 4.79. The van der Waals surface area contributed by atoms with E-state index in [0.29, 0.717) is 30.2 Å². The molecule has 1 saturated heterocycles. The van der Waals surface area contributed by atoms with Gasteiger partial charge in [-0.3, -0.25) is 4.90 Å². The van der Waals surface area contributed by atoms with Gasteiger partial charge in [-0.05, 0) is 31.0 Å². The van der Waals surface area contributed by atoms with Crippen molar-refractivity contribution in [3.63, 3.8) is 0 Å². The largest absolute Gasteiger partial charge is 0.338 e. The van der Waals surface area contributed by atoms with Crippen molar-refractivity contribution < 1.29 is 8.91 Å². The number of benzene rings is 1. The third kappa shape index (κ3) is 3.53. The molecule has 4 rings (SSSR count). The van der Waals surface area contributed by atoms with Crippen molar-refractivity contribution in [3.8, 4) is 0 Å². The second kappa shape index (κ2) is 7.37. The van der Waals surface area contributed by atoms with E-state index in [9.17, 15) is 4.39 Å². The number of hydrogen-bond acceptors (Lipinski definition) is 5. The Morgan fingerprint density at radius 1 is 1.27 bits per heavy atom. The lowest BCUT2D eigenvalue weighted by Gasteiger charge is -2.34. The zero-order valence-corrected chi connectivity index (χ0v) is 14.8. The molecule has 0 aliphatic carbocycles. The minimum atomic E-state index is -0.246. The lowest BCUT2D eigenvalue weighted by atomic mass is 10.0. The molecule has 6 nitrogen and oxygen atoms in total. The van der Waals surface area contributed by atoms with E-state index in [-0.39, 0.29) is 11.9 Å². The zero-order valence-electron chi connectivity index (χ0n) is 14.8. The van der Waals surface area contributed by atoms with E-state index in [0.717, 1.165) is 25.2 Å². The summed E-state index contributed by atoms with van der Waals surface area (Å²) >= 11 is 0. The number of likely N-dealkylation sites (tertiary alicyclic amines) is 1. The van der Waals surface area contributed by atoms with Gasteiger partial charge in [0.15, 0.2) is 5.82 Å². The standard InChI is InChI=1S/C19H22FN5O/c1-24-11-9-21-19(24)16-8-4-5-10-25(16)13-18-22-17(23-26-18)12-14-6-2-3-7-15(14)20/h2-3,6-7,9,11,16H,4-5,8,10,12-13H2,1H3/t16-/m1/s1. The molecular formula is C19H22FN5O. The van der Waals surface area contributed by atoms with E-state index in [2.05, 4.69) is 24.6 Å². The smallest absolute Gasteiger partial charge is 0.240 e. The Labute approximate surface area is 151 Å². The summed E-state index contributed by atoms with van der Waals surface area (Å²) in [5.41, 5.74) is 0.573. The van der Waals surface area contributed by atoms with Crippen LogP contribution in [-0.4, -0.2) is 31.1 Å². The summed E-state index contributed by atoms with van der Waals surface area (Å²) in [4.78, 5) is 11.3. The first-order chi connectivity index (χ1) is 12.7. The van der Waals surface area contributed by atoms with Gasteiger partial charge < -0.3 is 9.09 Å². The first-order valence-corrected chi connectivity index (χ1v) is 8.97. The SMILES string of the molecule is Cn1ccnc1[C@H]1CCCCN1Cc1nc(Cc2ccccc2F)no1. The van der Waals surface area contributed by atoms with Crippen molar-refractivity contribution in [1.29, 1.82) is 0 Å². The fourth-order valence-corrected chi connectivity index (χ4v) is 3.58. The highest BCUT2D eigenvalue weighted by Gasteiger charge is 2.28. The maximum Gasteiger partial charge on any atom is 0.240 e. The van der Waals surface area contributed by atoms with E-state index >= 15 is 0 Å². The predicted octanol–water partition coefficient (Wildman–Crippen LogP) is 3.26. The molecule has 1 aliphatic heterocycles. The minimum absolute atomic E-state index is 0.246. The fraction of sp³-hybridized carbons (Fsp3) is 0.421. The van der Waals surface area contributed by atoms with Crippen LogP contribution in [0.5, 0.6) is 0 Å². The molecular weight excluding hydrogens is 333 g/mol. The molecule has 0 unspecified atom stereocenters. The van der Waals surface area contributed by atoms with Crippen molar-refractivity contribution in [2.24, 2.45) is 7.05 Å². The molecule has 3 aromatic rings. The summed E-state index contributed by atoms with van der Waals surface area (Å²) in [6, 6.07) is 6.93. The predicted molar refractivity (Wildman–Crippen MR) is 93.7 cm³/mol. The highest BCUT2D eigenvalue weighted by atomic mass is 19.1. The molecule has 0 amide bonds. The van der Waals surface area contributed by atoms with Crippen molar-refractivity contribution in [1.82, 2.24) is 24.6 Å². The minimum Gasteiger partial charge on any atom is -0.338 e. The number of piperidine rings is 1. The van der Waals surface area contributed by atoms with Gasteiger partial charge in [0.2, 0.25) is 5.89 Å². The molecule has 0 N–H and O–H groups in total. The van der Waals surface area contributed by atoms with E-state index in [1.807, 2.05) is 25.5 Å². The van der Waals surface area contributed by atoms with Crippen LogP contribution < -0.4 is 0 Å². The quantitative estimate of drug-likeness (QED) is 0.703. The average molecular weight is 355 g/mol. The van der Waals surface area contributed by atoms with E-state index < -0.39 is 0 Å². The van der Waals surface area contributed by atoms with Gasteiger partial charge in [-0.15, -0.1) is 0 Å². The molecule has 1 aromatic carbocycles. The third-order valence-corrected chi connectivity index (χ3v) is 4.93. The maximum atomic E-state index is 13.8. The summed E-state index contributed by atoms with van der Waals surface area (Å²) in [5.74, 6) is 1.90. The molecule has 1 fully saturated rings. The van der Waals surface area contributed by atoms with Gasteiger partial charge in [0.05, 0.1) is 12.6 Å². The van der Waals surface area contributed by atoms with Gasteiger partial charge in [-0.2, -0.15) is 4.98 Å². The number of aryl methyl sites for hydroxylation is 1. The second-order valence-electron chi connectivity index (χ2n) is 6.75. The summed E-state index contributed by atoms with van der Waals surface area (Å²) in [5, 5.41) is 4.02. The van der Waals surface area contributed by atoms with Crippen LogP contribution in [0, 0.1) is 5.82 Å². The van der Waals surface area contributed by atoms with Crippen LogP contribution >= 0.6 is 0 Å². The Morgan fingerprint density at radius 3 is 2.96 bits per heavy atom. The highest BCUT2D eigenvalue weighted by molar-refractivity contribution is 5.20. The molecule has 0 radical (unpaired) electrons. The van der Waals surface area contributed by atoms with Crippen molar-refractivity contribution in [2.75, 3.05) is 6.54 Å². The van der Waals surface area contributed by atoms with Crippen molar-refractivity contribution in [2.45, 2.75) is 38.3 Å². The lowest BCUT2D eigenvalue weighted by molar-refractivity contribution is 0.116. The van der Waals surface area contributed by atoms with Crippen molar-refractivity contribution >= 4 is 0 Å². The van der Waals surface area contributed by atoms with Gasteiger partial charge >= 0.3 is 0 Å². The van der Waals surface area contributed by atoms with Crippen LogP contribution in [0.4, 0.5) is 4.39 Å². The maximum absolute atomic E-state index is 13.8. The van der Waals surface area contributed by atoms with E-state index in [1.54, 1.807) is 12.1 Å². The molecule has 7 heteroatoms. The van der Waals surface area contributed by atoms with Crippen LogP contribution in [0.25, 0.3) is 0 Å². The fourth-order valence-electron chi connectivity index (χ4n) is 3.58. The molecule has 0 spiro atoms. The Hall–Kier alpha value is -2.54. The second-order valence-corrected chi connectivity index (χ2v) is 6.75. The number of nitrogens with zero attached hydrogens (tertiary/aromatic N) is 5. The molecule has 136 valence electrons. The number of halogens is 1. The van der Waals surface area contributed by atoms with Gasteiger partial charge in [0.1, 0.15) is 11.6 Å². The van der Waals surface area contributed by atoms with Gasteiger partial charge in [0, 0.05) is 25.9 Å². The van der Waals surface area contributed by atoms with Gasteiger partial charge in [-0.1, -0.05) is 29.8 Å². The third-order valence-electron chi connectivity index (χ3n) is 4.93. The first kappa shape index (κ1) is 16.9. The summed E-state index contributed by atoms with van der Waals surface area (Å²) in [7, 11) is 2.02. The normalized spacial score (nSPS) is 18.3. The number of rotatable bonds is 5. The Morgan fingerprint density at radius 2 is 2.15 bits per heavy atom. The molecule has 3 heterocycles. The lowest BCUT2D eigenvalue weighted by Crippen LogP contribution is -2.34. The Balaban J connectivity index is 1.47. The van der Waals surface area contributed by atoms with Crippen LogP contribution in [0.3, 0.4) is 0 Å². The Bertz CT molecular complexity index is 874. The average Bonchev–Trinajstić information content (AvgIpc) is 3.26. The molecule has 2 aromatic heterocycles. The molecule has 0 saturated carbocycles. The van der Waals surface area contributed by atoms with Gasteiger partial charge in [0.25, 0.3) is 0 Å². The number of imidazole rings is 1. The van der Waals surface area contributed by atoms with Crippen LogP contribution in [0.1, 0.15) is 48.4 Å². The van der Waals surface area contributed by atoms with Crippen LogP contribution in [0.2, 0.25) is 0 Å². The molecule has 1 atom stereocenters. The number of hydrogen-bond donors (Lipinski definition) is 0.